The minimum absolute atomic E-state index is 0.693. The van der Waals surface area contributed by atoms with Crippen molar-refractivity contribution in [1.29, 1.82) is 0 Å². The Morgan fingerprint density at radius 3 is 2.75 bits per heavy atom. The lowest BCUT2D eigenvalue weighted by Gasteiger charge is -2.11. The number of nitrogens with one attached hydrogen (secondary N) is 1. The molecular formula is C12H20ClN3. The number of hydrogen-bond acceptors (Lipinski definition) is 2. The lowest BCUT2D eigenvalue weighted by Crippen LogP contribution is -2.21. The molecule has 4 heteroatoms. The monoisotopic (exact) mass is 241 g/mol. The minimum Gasteiger partial charge on any atom is -0.317 e. The van der Waals surface area contributed by atoms with E-state index in [1.54, 1.807) is 0 Å². The van der Waals surface area contributed by atoms with E-state index in [-0.39, 0.29) is 0 Å². The normalized spacial score (nSPS) is 25.2. The first-order chi connectivity index (χ1) is 7.61. The van der Waals surface area contributed by atoms with Gasteiger partial charge in [-0.2, -0.15) is 5.10 Å². The van der Waals surface area contributed by atoms with Gasteiger partial charge in [-0.25, -0.2) is 0 Å². The Hall–Kier alpha value is -0.540. The van der Waals surface area contributed by atoms with Gasteiger partial charge in [-0.15, -0.1) is 0 Å². The van der Waals surface area contributed by atoms with E-state index < -0.39 is 0 Å². The molecule has 0 bridgehead atoms. The first-order valence-electron chi connectivity index (χ1n) is 5.97. The fourth-order valence-electron chi connectivity index (χ4n) is 2.70. The number of rotatable bonds is 3. The van der Waals surface area contributed by atoms with Crippen molar-refractivity contribution in [2.24, 2.45) is 13.0 Å². The smallest absolute Gasteiger partial charge is 0.0847 e. The highest BCUT2D eigenvalue weighted by Crippen LogP contribution is 2.31. The standard InChI is InChI=1S/C12H20ClN3/c1-8-12(13)11(16(3)15-8)7-9-4-5-10(6-9)14-2/h9-10,14H,4-7H2,1-3H3. The van der Waals surface area contributed by atoms with Gasteiger partial charge in [0.25, 0.3) is 0 Å². The molecule has 0 aliphatic heterocycles. The van der Waals surface area contributed by atoms with Gasteiger partial charge in [-0.1, -0.05) is 11.6 Å². The van der Waals surface area contributed by atoms with Gasteiger partial charge < -0.3 is 5.32 Å². The molecule has 2 unspecified atom stereocenters. The van der Waals surface area contributed by atoms with Gasteiger partial charge >= 0.3 is 0 Å². The summed E-state index contributed by atoms with van der Waals surface area (Å²) in [6.07, 6.45) is 4.91. The van der Waals surface area contributed by atoms with E-state index in [1.807, 2.05) is 25.7 Å². The van der Waals surface area contributed by atoms with Crippen LogP contribution in [0.15, 0.2) is 0 Å². The Morgan fingerprint density at radius 2 is 2.25 bits per heavy atom. The molecule has 1 aliphatic carbocycles. The molecule has 3 nitrogen and oxygen atoms in total. The Bertz CT molecular complexity index is 373. The molecule has 1 heterocycles. The topological polar surface area (TPSA) is 29.9 Å². The highest BCUT2D eigenvalue weighted by atomic mass is 35.5. The summed E-state index contributed by atoms with van der Waals surface area (Å²) in [5, 5.41) is 8.58. The fourth-order valence-corrected chi connectivity index (χ4v) is 2.94. The van der Waals surface area contributed by atoms with E-state index in [0.29, 0.717) is 6.04 Å². The van der Waals surface area contributed by atoms with Gasteiger partial charge in [0.05, 0.1) is 16.4 Å². The summed E-state index contributed by atoms with van der Waals surface area (Å²) < 4.78 is 1.93. The third kappa shape index (κ3) is 2.25. The second-order valence-electron chi connectivity index (χ2n) is 4.84. The van der Waals surface area contributed by atoms with Crippen molar-refractivity contribution in [3.63, 3.8) is 0 Å². The lowest BCUT2D eigenvalue weighted by molar-refractivity contribution is 0.494. The van der Waals surface area contributed by atoms with Crippen LogP contribution >= 0.6 is 11.6 Å². The summed E-state index contributed by atoms with van der Waals surface area (Å²) in [4.78, 5) is 0. The molecule has 0 spiro atoms. The maximum atomic E-state index is 6.26. The van der Waals surface area contributed by atoms with Crippen molar-refractivity contribution < 1.29 is 0 Å². The van der Waals surface area contributed by atoms with Gasteiger partial charge in [0.15, 0.2) is 0 Å². The van der Waals surface area contributed by atoms with E-state index in [4.69, 9.17) is 11.6 Å². The molecule has 1 saturated carbocycles. The van der Waals surface area contributed by atoms with Crippen molar-refractivity contribution in [2.75, 3.05) is 7.05 Å². The molecule has 0 amide bonds. The first kappa shape index (κ1) is 11.9. The van der Waals surface area contributed by atoms with Crippen LogP contribution < -0.4 is 5.32 Å². The second kappa shape index (κ2) is 4.76. The zero-order valence-corrected chi connectivity index (χ0v) is 11.0. The fraction of sp³-hybridized carbons (Fsp3) is 0.750. The SMILES string of the molecule is CNC1CCC(Cc2c(Cl)c(C)nn2C)C1. The predicted molar refractivity (Wildman–Crippen MR) is 66.8 cm³/mol. The summed E-state index contributed by atoms with van der Waals surface area (Å²) in [6, 6.07) is 0.693. The van der Waals surface area contributed by atoms with Gasteiger partial charge in [-0.3, -0.25) is 4.68 Å². The van der Waals surface area contributed by atoms with Crippen molar-refractivity contribution in [3.05, 3.63) is 16.4 Å². The number of nitrogens with zero attached hydrogens (tertiary/aromatic N) is 2. The highest BCUT2D eigenvalue weighted by molar-refractivity contribution is 6.31. The van der Waals surface area contributed by atoms with E-state index >= 15 is 0 Å². The van der Waals surface area contributed by atoms with Gasteiger partial charge in [0, 0.05) is 13.1 Å². The van der Waals surface area contributed by atoms with Crippen LogP contribution in [-0.2, 0) is 13.5 Å². The van der Waals surface area contributed by atoms with Crippen LogP contribution in [-0.4, -0.2) is 22.9 Å². The summed E-state index contributed by atoms with van der Waals surface area (Å²) >= 11 is 6.26. The average Bonchev–Trinajstić information content (AvgIpc) is 2.80. The molecule has 1 aliphatic rings. The Morgan fingerprint density at radius 1 is 1.50 bits per heavy atom. The molecule has 1 aromatic heterocycles. The number of halogens is 1. The maximum absolute atomic E-state index is 6.26. The van der Waals surface area contributed by atoms with Gasteiger partial charge in [0.1, 0.15) is 0 Å². The summed E-state index contributed by atoms with van der Waals surface area (Å²) in [5.74, 6) is 0.754. The van der Waals surface area contributed by atoms with Crippen molar-refractivity contribution in [2.45, 2.75) is 38.6 Å². The largest absolute Gasteiger partial charge is 0.317 e. The second-order valence-corrected chi connectivity index (χ2v) is 5.22. The zero-order chi connectivity index (χ0) is 11.7. The number of aromatic nitrogens is 2. The lowest BCUT2D eigenvalue weighted by atomic mass is 10.0. The number of aryl methyl sites for hydroxylation is 2. The van der Waals surface area contributed by atoms with Crippen molar-refractivity contribution in [1.82, 2.24) is 15.1 Å². The Kier molecular flexibility index (Phi) is 3.55. The maximum Gasteiger partial charge on any atom is 0.0847 e. The number of hydrogen-bond donors (Lipinski definition) is 1. The van der Waals surface area contributed by atoms with E-state index in [1.165, 1.54) is 25.0 Å². The van der Waals surface area contributed by atoms with Crippen LogP contribution in [0.5, 0.6) is 0 Å². The average molecular weight is 242 g/mol. The molecule has 1 aromatic rings. The molecule has 16 heavy (non-hydrogen) atoms. The molecule has 0 saturated heterocycles. The third-order valence-electron chi connectivity index (χ3n) is 3.69. The molecule has 0 radical (unpaired) electrons. The molecule has 1 fully saturated rings. The van der Waals surface area contributed by atoms with Crippen LogP contribution in [0.25, 0.3) is 0 Å². The van der Waals surface area contributed by atoms with Crippen LogP contribution in [0.1, 0.15) is 30.7 Å². The molecule has 0 aromatic carbocycles. The zero-order valence-electron chi connectivity index (χ0n) is 10.3. The quantitative estimate of drug-likeness (QED) is 0.880. The van der Waals surface area contributed by atoms with Crippen LogP contribution in [0.4, 0.5) is 0 Å². The van der Waals surface area contributed by atoms with E-state index in [0.717, 1.165) is 23.1 Å². The van der Waals surface area contributed by atoms with Crippen molar-refractivity contribution in [3.8, 4) is 0 Å². The van der Waals surface area contributed by atoms with Crippen LogP contribution in [0.3, 0.4) is 0 Å². The van der Waals surface area contributed by atoms with Crippen LogP contribution in [0.2, 0.25) is 5.02 Å². The summed E-state index contributed by atoms with van der Waals surface area (Å²) in [7, 11) is 4.03. The highest BCUT2D eigenvalue weighted by Gasteiger charge is 2.25. The van der Waals surface area contributed by atoms with Crippen LogP contribution in [0, 0.1) is 12.8 Å². The first-order valence-corrected chi connectivity index (χ1v) is 6.34. The van der Waals surface area contributed by atoms with E-state index in [9.17, 15) is 0 Å². The molecule has 2 atom stereocenters. The molecule has 2 rings (SSSR count). The van der Waals surface area contributed by atoms with Gasteiger partial charge in [-0.05, 0) is 45.6 Å². The minimum atomic E-state index is 0.693. The van der Waals surface area contributed by atoms with Gasteiger partial charge in [0.2, 0.25) is 0 Å². The summed E-state index contributed by atoms with van der Waals surface area (Å²) in [6.45, 7) is 1.97. The third-order valence-corrected chi connectivity index (χ3v) is 4.18. The van der Waals surface area contributed by atoms with E-state index in [2.05, 4.69) is 10.4 Å². The summed E-state index contributed by atoms with van der Waals surface area (Å²) in [5.41, 5.74) is 2.14. The molecule has 1 N–H and O–H groups in total. The predicted octanol–water partition coefficient (Wildman–Crippen LogP) is 2.31. The van der Waals surface area contributed by atoms with Crippen molar-refractivity contribution >= 4 is 11.6 Å². The molecule has 90 valence electrons. The molecular weight excluding hydrogens is 222 g/mol. The Balaban J connectivity index is 2.04. The Labute approximate surface area is 102 Å².